The van der Waals surface area contributed by atoms with Crippen LogP contribution >= 0.6 is 35.3 Å². The summed E-state index contributed by atoms with van der Waals surface area (Å²) in [6.45, 7) is 14.8. The summed E-state index contributed by atoms with van der Waals surface area (Å²) in [4.78, 5) is 13.1. The number of nitrogens with zero attached hydrogens (tertiary/aromatic N) is 3. The first kappa shape index (κ1) is 19.7. The van der Waals surface area contributed by atoms with Crippen molar-refractivity contribution in [3.63, 3.8) is 0 Å². The Balaban J connectivity index is 0.00000242. The Morgan fingerprint density at radius 1 is 1.32 bits per heavy atom. The van der Waals surface area contributed by atoms with Crippen LogP contribution in [0.5, 0.6) is 0 Å². The first-order chi connectivity index (χ1) is 9.99. The monoisotopic (exact) mass is 436 g/mol. The average molecular weight is 436 g/mol. The Bertz CT molecular complexity index is 471. The molecule has 2 atom stereocenters. The van der Waals surface area contributed by atoms with Crippen LogP contribution in [0.2, 0.25) is 0 Å². The fourth-order valence-corrected chi connectivity index (χ4v) is 3.87. The molecule has 1 aromatic rings. The highest BCUT2D eigenvalue weighted by Gasteiger charge is 2.24. The molecule has 0 bridgehead atoms. The molecule has 126 valence electrons. The fraction of sp³-hybridized carbons (Fsp3) is 0.750. The smallest absolute Gasteiger partial charge is 0.194 e. The molecular weight excluding hydrogens is 407 g/mol. The SMILES string of the molecule is CCNC(=NCc1nc(C)c(C)s1)N1CC(C)CC(C)C1.I. The summed E-state index contributed by atoms with van der Waals surface area (Å²) < 4.78 is 0. The van der Waals surface area contributed by atoms with E-state index in [1.807, 2.05) is 0 Å². The second-order valence-electron chi connectivity index (χ2n) is 6.27. The van der Waals surface area contributed by atoms with Crippen LogP contribution in [0.25, 0.3) is 0 Å². The first-order valence-corrected chi connectivity index (χ1v) is 8.77. The van der Waals surface area contributed by atoms with Crippen LogP contribution in [0.4, 0.5) is 0 Å². The number of guanidine groups is 1. The lowest BCUT2D eigenvalue weighted by Crippen LogP contribution is -2.48. The van der Waals surface area contributed by atoms with Gasteiger partial charge in [-0.3, -0.25) is 0 Å². The third-order valence-corrected chi connectivity index (χ3v) is 5.00. The summed E-state index contributed by atoms with van der Waals surface area (Å²) in [7, 11) is 0. The predicted octanol–water partition coefficient (Wildman–Crippen LogP) is 3.82. The number of hydrogen-bond acceptors (Lipinski definition) is 3. The lowest BCUT2D eigenvalue weighted by molar-refractivity contribution is 0.208. The van der Waals surface area contributed by atoms with Crippen LogP contribution in [0.15, 0.2) is 4.99 Å². The Hall–Kier alpha value is -0.370. The van der Waals surface area contributed by atoms with E-state index in [4.69, 9.17) is 4.99 Å². The van der Waals surface area contributed by atoms with Gasteiger partial charge in [-0.1, -0.05) is 13.8 Å². The molecule has 2 heterocycles. The molecule has 2 unspecified atom stereocenters. The zero-order valence-electron chi connectivity index (χ0n) is 14.3. The lowest BCUT2D eigenvalue weighted by Gasteiger charge is -2.37. The van der Waals surface area contributed by atoms with Crippen LogP contribution in [0.1, 0.15) is 42.8 Å². The van der Waals surface area contributed by atoms with Gasteiger partial charge in [0.1, 0.15) is 5.01 Å². The number of nitrogens with one attached hydrogen (secondary N) is 1. The molecule has 0 aliphatic carbocycles. The molecule has 0 radical (unpaired) electrons. The molecule has 1 aliphatic rings. The quantitative estimate of drug-likeness (QED) is 0.445. The molecule has 22 heavy (non-hydrogen) atoms. The third kappa shape index (κ3) is 5.37. The van der Waals surface area contributed by atoms with E-state index in [1.165, 1.54) is 11.3 Å². The van der Waals surface area contributed by atoms with E-state index in [0.29, 0.717) is 6.54 Å². The van der Waals surface area contributed by atoms with Gasteiger partial charge >= 0.3 is 0 Å². The van der Waals surface area contributed by atoms with Crippen molar-refractivity contribution in [1.82, 2.24) is 15.2 Å². The molecule has 0 saturated carbocycles. The number of likely N-dealkylation sites (tertiary alicyclic amines) is 1. The molecule has 6 heteroatoms. The van der Waals surface area contributed by atoms with Gasteiger partial charge < -0.3 is 10.2 Å². The molecule has 1 N–H and O–H groups in total. The fourth-order valence-electron chi connectivity index (χ4n) is 3.01. The van der Waals surface area contributed by atoms with Crippen LogP contribution in [0.3, 0.4) is 0 Å². The normalized spacial score (nSPS) is 22.4. The number of thiazole rings is 1. The average Bonchev–Trinajstić information content (AvgIpc) is 2.72. The highest BCUT2D eigenvalue weighted by molar-refractivity contribution is 14.0. The molecule has 1 aromatic heterocycles. The van der Waals surface area contributed by atoms with E-state index in [1.54, 1.807) is 11.3 Å². The zero-order chi connectivity index (χ0) is 15.4. The Kier molecular flexibility index (Phi) is 8.10. The Morgan fingerprint density at radius 2 is 1.95 bits per heavy atom. The van der Waals surface area contributed by atoms with E-state index >= 15 is 0 Å². The van der Waals surface area contributed by atoms with Crippen molar-refractivity contribution in [2.24, 2.45) is 16.8 Å². The lowest BCUT2D eigenvalue weighted by atomic mass is 9.92. The second kappa shape index (κ2) is 9.05. The molecule has 1 aliphatic heterocycles. The Labute approximate surface area is 155 Å². The van der Waals surface area contributed by atoms with Gasteiger partial charge in [0.2, 0.25) is 0 Å². The minimum Gasteiger partial charge on any atom is -0.357 e. The first-order valence-electron chi connectivity index (χ1n) is 7.95. The van der Waals surface area contributed by atoms with Crippen molar-refractivity contribution in [2.45, 2.75) is 47.6 Å². The summed E-state index contributed by atoms with van der Waals surface area (Å²) >= 11 is 1.76. The maximum absolute atomic E-state index is 4.81. The summed E-state index contributed by atoms with van der Waals surface area (Å²) in [5.74, 6) is 2.52. The molecule has 0 spiro atoms. The number of hydrogen-bond donors (Lipinski definition) is 1. The maximum Gasteiger partial charge on any atom is 0.194 e. The van der Waals surface area contributed by atoms with Gasteiger partial charge in [0.25, 0.3) is 0 Å². The zero-order valence-corrected chi connectivity index (χ0v) is 17.5. The van der Waals surface area contributed by atoms with Crippen LogP contribution < -0.4 is 5.32 Å². The van der Waals surface area contributed by atoms with Gasteiger partial charge in [-0.15, -0.1) is 35.3 Å². The number of aryl methyl sites for hydroxylation is 2. The van der Waals surface area contributed by atoms with Gasteiger partial charge in [-0.2, -0.15) is 0 Å². The van der Waals surface area contributed by atoms with Crippen LogP contribution in [0, 0.1) is 25.7 Å². The molecule has 0 aromatic carbocycles. The van der Waals surface area contributed by atoms with Crippen LogP contribution in [-0.4, -0.2) is 35.5 Å². The van der Waals surface area contributed by atoms with E-state index in [2.05, 4.69) is 49.8 Å². The van der Waals surface area contributed by atoms with Crippen molar-refractivity contribution in [1.29, 1.82) is 0 Å². The molecular formula is C16H29IN4S. The van der Waals surface area contributed by atoms with Gasteiger partial charge in [0, 0.05) is 24.5 Å². The van der Waals surface area contributed by atoms with E-state index in [9.17, 15) is 0 Å². The molecule has 2 rings (SSSR count). The standard InChI is InChI=1S/C16H28N4S.HI/c1-6-17-16(20-9-11(2)7-12(3)10-20)18-8-15-19-13(4)14(5)21-15;/h11-12H,6-10H2,1-5H3,(H,17,18);1H. The Morgan fingerprint density at radius 3 is 2.45 bits per heavy atom. The van der Waals surface area contributed by atoms with Gasteiger partial charge in [0.05, 0.1) is 12.2 Å². The minimum absolute atomic E-state index is 0. The predicted molar refractivity (Wildman–Crippen MR) is 106 cm³/mol. The van der Waals surface area contributed by atoms with Gasteiger partial charge in [-0.05, 0) is 39.0 Å². The number of rotatable bonds is 3. The number of piperidine rings is 1. The van der Waals surface area contributed by atoms with Crippen molar-refractivity contribution < 1.29 is 0 Å². The van der Waals surface area contributed by atoms with Crippen molar-refractivity contribution in [3.05, 3.63) is 15.6 Å². The minimum atomic E-state index is 0. The number of aliphatic imine (C=N–C) groups is 1. The van der Waals surface area contributed by atoms with Crippen LogP contribution in [-0.2, 0) is 6.54 Å². The molecule has 0 amide bonds. The van der Waals surface area contributed by atoms with Gasteiger partial charge in [0.15, 0.2) is 5.96 Å². The highest BCUT2D eigenvalue weighted by Crippen LogP contribution is 2.21. The number of aromatic nitrogens is 1. The summed E-state index contributed by atoms with van der Waals surface area (Å²) in [6, 6.07) is 0. The third-order valence-electron chi connectivity index (χ3n) is 3.94. The maximum atomic E-state index is 4.81. The summed E-state index contributed by atoms with van der Waals surface area (Å²) in [5.41, 5.74) is 1.13. The molecule has 4 nitrogen and oxygen atoms in total. The largest absolute Gasteiger partial charge is 0.357 e. The number of halogens is 1. The van der Waals surface area contributed by atoms with E-state index in [0.717, 1.165) is 48.1 Å². The van der Waals surface area contributed by atoms with E-state index in [-0.39, 0.29) is 24.0 Å². The highest BCUT2D eigenvalue weighted by atomic mass is 127. The molecule has 1 fully saturated rings. The summed E-state index contributed by atoms with van der Waals surface area (Å²) in [5, 5.41) is 4.55. The van der Waals surface area contributed by atoms with Crippen molar-refractivity contribution in [2.75, 3.05) is 19.6 Å². The van der Waals surface area contributed by atoms with E-state index < -0.39 is 0 Å². The molecule has 1 saturated heterocycles. The topological polar surface area (TPSA) is 40.5 Å². The second-order valence-corrected chi connectivity index (χ2v) is 7.56. The van der Waals surface area contributed by atoms with Gasteiger partial charge in [-0.25, -0.2) is 9.98 Å². The van der Waals surface area contributed by atoms with Crippen molar-refractivity contribution in [3.8, 4) is 0 Å². The van der Waals surface area contributed by atoms with Crippen molar-refractivity contribution >= 4 is 41.3 Å². The summed E-state index contributed by atoms with van der Waals surface area (Å²) in [6.07, 6.45) is 1.32.